The normalized spacial score (nSPS) is 22.1. The van der Waals surface area contributed by atoms with Crippen LogP contribution in [0.3, 0.4) is 0 Å². The first-order valence-corrected chi connectivity index (χ1v) is 5.98. The third-order valence-corrected chi connectivity index (χ3v) is 3.92. The minimum atomic E-state index is -0.673. The van der Waals surface area contributed by atoms with Crippen LogP contribution in [0.4, 0.5) is 0 Å². The second-order valence-corrected chi connectivity index (χ2v) is 4.95. The fraction of sp³-hybridized carbons (Fsp3) is 0.917. The van der Waals surface area contributed by atoms with Crippen LogP contribution in [0.5, 0.6) is 0 Å². The third kappa shape index (κ3) is 2.94. The van der Waals surface area contributed by atoms with Crippen LogP contribution in [0.1, 0.15) is 40.0 Å². The molecule has 0 saturated carbocycles. The van der Waals surface area contributed by atoms with E-state index in [1.807, 2.05) is 0 Å². The van der Waals surface area contributed by atoms with Gasteiger partial charge in [-0.3, -0.25) is 4.79 Å². The number of rotatable bonds is 6. The Hall–Kier alpha value is -0.570. The Morgan fingerprint density at radius 2 is 1.93 bits per heavy atom. The first-order chi connectivity index (χ1) is 7.03. The van der Waals surface area contributed by atoms with E-state index < -0.39 is 5.97 Å². The van der Waals surface area contributed by atoms with E-state index in [2.05, 4.69) is 18.7 Å². The van der Waals surface area contributed by atoms with Crippen molar-refractivity contribution in [2.75, 3.05) is 19.6 Å². The molecular weight excluding hydrogens is 190 g/mol. The molecule has 3 heteroatoms. The molecule has 3 nitrogen and oxygen atoms in total. The molecule has 88 valence electrons. The largest absolute Gasteiger partial charge is 0.481 e. The minimum Gasteiger partial charge on any atom is -0.481 e. The molecule has 1 atom stereocenters. The molecule has 1 unspecified atom stereocenters. The van der Waals surface area contributed by atoms with Gasteiger partial charge < -0.3 is 10.0 Å². The lowest BCUT2D eigenvalue weighted by Gasteiger charge is -2.50. The maximum atomic E-state index is 10.6. The molecule has 0 aliphatic carbocycles. The topological polar surface area (TPSA) is 40.5 Å². The number of carboxylic acid groups (broad SMARTS) is 1. The zero-order valence-corrected chi connectivity index (χ0v) is 10.1. The number of aliphatic carboxylic acids is 1. The van der Waals surface area contributed by atoms with Crippen molar-refractivity contribution >= 4 is 5.97 Å². The molecule has 1 aliphatic rings. The van der Waals surface area contributed by atoms with Crippen molar-refractivity contribution < 1.29 is 9.90 Å². The van der Waals surface area contributed by atoms with Gasteiger partial charge in [-0.25, -0.2) is 0 Å². The zero-order chi connectivity index (χ0) is 11.5. The Morgan fingerprint density at radius 1 is 1.40 bits per heavy atom. The summed E-state index contributed by atoms with van der Waals surface area (Å²) in [6.45, 7) is 9.55. The van der Waals surface area contributed by atoms with Crippen molar-refractivity contribution in [3.8, 4) is 0 Å². The molecular formula is C12H23NO2. The monoisotopic (exact) mass is 213 g/mol. The Balaban J connectivity index is 2.20. The highest BCUT2D eigenvalue weighted by atomic mass is 16.4. The average molecular weight is 213 g/mol. The molecule has 1 rings (SSSR count). The van der Waals surface area contributed by atoms with E-state index >= 15 is 0 Å². The quantitative estimate of drug-likeness (QED) is 0.735. The van der Waals surface area contributed by atoms with Gasteiger partial charge in [-0.1, -0.05) is 20.8 Å². The maximum Gasteiger partial charge on any atom is 0.306 e. The lowest BCUT2D eigenvalue weighted by Crippen LogP contribution is -2.55. The molecule has 0 aromatic heterocycles. The summed E-state index contributed by atoms with van der Waals surface area (Å²) in [6, 6.07) is 0. The summed E-state index contributed by atoms with van der Waals surface area (Å²) in [5, 5.41) is 8.76. The van der Waals surface area contributed by atoms with Crippen LogP contribution >= 0.6 is 0 Å². The van der Waals surface area contributed by atoms with Crippen LogP contribution < -0.4 is 0 Å². The molecule has 1 saturated heterocycles. The number of likely N-dealkylation sites (tertiary alicyclic amines) is 1. The number of nitrogens with zero attached hydrogens (tertiary/aromatic N) is 1. The molecule has 0 aromatic rings. The standard InChI is InChI=1S/C12H23NO2/c1-4-12(5-2)8-13(9-12)7-6-10(3)11(14)15/h10H,4-9H2,1-3H3,(H,14,15). The first-order valence-electron chi connectivity index (χ1n) is 5.98. The van der Waals surface area contributed by atoms with Gasteiger partial charge in [-0.15, -0.1) is 0 Å². The van der Waals surface area contributed by atoms with Gasteiger partial charge in [0.15, 0.2) is 0 Å². The maximum absolute atomic E-state index is 10.6. The van der Waals surface area contributed by atoms with Gasteiger partial charge >= 0.3 is 5.97 Å². The van der Waals surface area contributed by atoms with Crippen molar-refractivity contribution in [2.45, 2.75) is 40.0 Å². The number of carboxylic acids is 1. The fourth-order valence-corrected chi connectivity index (χ4v) is 2.26. The summed E-state index contributed by atoms with van der Waals surface area (Å²) in [7, 11) is 0. The number of carbonyl (C=O) groups is 1. The van der Waals surface area contributed by atoms with Gasteiger partial charge in [-0.05, 0) is 31.2 Å². The predicted molar refractivity (Wildman–Crippen MR) is 60.9 cm³/mol. The second kappa shape index (κ2) is 4.97. The lowest BCUT2D eigenvalue weighted by molar-refractivity contribution is -0.141. The molecule has 0 radical (unpaired) electrons. The molecule has 1 fully saturated rings. The van der Waals surface area contributed by atoms with E-state index in [-0.39, 0.29) is 5.92 Å². The highest BCUT2D eigenvalue weighted by molar-refractivity contribution is 5.69. The Morgan fingerprint density at radius 3 is 2.33 bits per heavy atom. The third-order valence-electron chi connectivity index (χ3n) is 3.92. The van der Waals surface area contributed by atoms with Gasteiger partial charge in [0.1, 0.15) is 0 Å². The highest BCUT2D eigenvalue weighted by Crippen LogP contribution is 2.36. The van der Waals surface area contributed by atoms with Crippen molar-refractivity contribution in [1.82, 2.24) is 4.90 Å². The highest BCUT2D eigenvalue weighted by Gasteiger charge is 2.39. The minimum absolute atomic E-state index is 0.205. The average Bonchev–Trinajstić information content (AvgIpc) is 2.16. The van der Waals surface area contributed by atoms with Crippen molar-refractivity contribution in [1.29, 1.82) is 0 Å². The van der Waals surface area contributed by atoms with Crippen LogP contribution in [0.15, 0.2) is 0 Å². The van der Waals surface area contributed by atoms with E-state index in [0.29, 0.717) is 5.41 Å². The van der Waals surface area contributed by atoms with Crippen molar-refractivity contribution in [3.63, 3.8) is 0 Å². The van der Waals surface area contributed by atoms with Crippen LogP contribution in [-0.2, 0) is 4.79 Å². The van der Waals surface area contributed by atoms with E-state index in [4.69, 9.17) is 5.11 Å². The van der Waals surface area contributed by atoms with E-state index in [1.165, 1.54) is 12.8 Å². The molecule has 1 N–H and O–H groups in total. The second-order valence-electron chi connectivity index (χ2n) is 4.95. The molecule has 15 heavy (non-hydrogen) atoms. The Kier molecular flexibility index (Phi) is 4.14. The van der Waals surface area contributed by atoms with Gasteiger partial charge in [0, 0.05) is 13.1 Å². The van der Waals surface area contributed by atoms with Gasteiger partial charge in [0.05, 0.1) is 5.92 Å². The summed E-state index contributed by atoms with van der Waals surface area (Å²) in [6.07, 6.45) is 3.27. The smallest absolute Gasteiger partial charge is 0.306 e. The summed E-state index contributed by atoms with van der Waals surface area (Å²) in [5.41, 5.74) is 0.534. The predicted octanol–water partition coefficient (Wildman–Crippen LogP) is 2.22. The SMILES string of the molecule is CCC1(CC)CN(CCC(C)C(=O)O)C1. The Labute approximate surface area is 92.5 Å². The van der Waals surface area contributed by atoms with Crippen LogP contribution in [0, 0.1) is 11.3 Å². The van der Waals surface area contributed by atoms with Crippen molar-refractivity contribution in [2.24, 2.45) is 11.3 Å². The molecule has 0 aromatic carbocycles. The van der Waals surface area contributed by atoms with Crippen LogP contribution in [0.25, 0.3) is 0 Å². The molecule has 1 heterocycles. The van der Waals surface area contributed by atoms with Gasteiger partial charge in [-0.2, -0.15) is 0 Å². The summed E-state index contributed by atoms with van der Waals surface area (Å²) in [4.78, 5) is 13.0. The van der Waals surface area contributed by atoms with E-state index in [9.17, 15) is 4.79 Å². The molecule has 0 spiro atoms. The van der Waals surface area contributed by atoms with E-state index in [0.717, 1.165) is 26.1 Å². The first kappa shape index (κ1) is 12.5. The number of hydrogen-bond donors (Lipinski definition) is 1. The zero-order valence-electron chi connectivity index (χ0n) is 10.1. The van der Waals surface area contributed by atoms with E-state index in [1.54, 1.807) is 6.92 Å². The Bertz CT molecular complexity index is 216. The molecule has 0 bridgehead atoms. The summed E-state index contributed by atoms with van der Waals surface area (Å²) < 4.78 is 0. The van der Waals surface area contributed by atoms with Crippen LogP contribution in [-0.4, -0.2) is 35.6 Å². The van der Waals surface area contributed by atoms with Crippen molar-refractivity contribution in [3.05, 3.63) is 0 Å². The summed E-state index contributed by atoms with van der Waals surface area (Å²) >= 11 is 0. The lowest BCUT2D eigenvalue weighted by atomic mass is 9.75. The summed E-state index contributed by atoms with van der Waals surface area (Å²) in [5.74, 6) is -0.879. The van der Waals surface area contributed by atoms with Crippen LogP contribution in [0.2, 0.25) is 0 Å². The number of hydrogen-bond acceptors (Lipinski definition) is 2. The fourth-order valence-electron chi connectivity index (χ4n) is 2.26. The molecule has 1 aliphatic heterocycles. The van der Waals surface area contributed by atoms with Gasteiger partial charge in [0.25, 0.3) is 0 Å². The molecule has 0 amide bonds. The van der Waals surface area contributed by atoms with Gasteiger partial charge in [0.2, 0.25) is 0 Å².